The molecule has 0 radical (unpaired) electrons. The van der Waals surface area contributed by atoms with Crippen molar-refractivity contribution in [2.45, 2.75) is 46.6 Å². The summed E-state index contributed by atoms with van der Waals surface area (Å²) in [5.41, 5.74) is 1.08. The van der Waals surface area contributed by atoms with Crippen molar-refractivity contribution in [2.24, 2.45) is 4.99 Å². The van der Waals surface area contributed by atoms with E-state index in [4.69, 9.17) is 9.73 Å². The third kappa shape index (κ3) is 10.1. The van der Waals surface area contributed by atoms with E-state index in [0.717, 1.165) is 75.9 Å². The van der Waals surface area contributed by atoms with E-state index in [0.29, 0.717) is 19.6 Å². The molecule has 0 aromatic heterocycles. The quantitative estimate of drug-likeness (QED) is 0.173. The minimum Gasteiger partial charge on any atom is -0.492 e. The van der Waals surface area contributed by atoms with E-state index in [9.17, 15) is 4.79 Å². The zero-order chi connectivity index (χ0) is 21.6. The highest BCUT2D eigenvalue weighted by molar-refractivity contribution is 14.0. The summed E-state index contributed by atoms with van der Waals surface area (Å²) in [4.78, 5) is 20.7. The molecular weight excluding hydrogens is 505 g/mol. The van der Waals surface area contributed by atoms with E-state index in [1.54, 1.807) is 0 Å². The van der Waals surface area contributed by atoms with E-state index in [1.807, 2.05) is 23.1 Å². The molecule has 1 aliphatic heterocycles. The van der Waals surface area contributed by atoms with Crippen LogP contribution in [0.25, 0.3) is 0 Å². The summed E-state index contributed by atoms with van der Waals surface area (Å²) in [7, 11) is 0. The molecular formula is C23H40IN5O2. The van der Waals surface area contributed by atoms with E-state index in [2.05, 4.69) is 42.4 Å². The molecule has 1 aliphatic rings. The maximum absolute atomic E-state index is 11.7. The van der Waals surface area contributed by atoms with Crippen LogP contribution in [0, 0.1) is 0 Å². The first-order valence-electron chi connectivity index (χ1n) is 11.4. The van der Waals surface area contributed by atoms with Gasteiger partial charge in [-0.1, -0.05) is 32.0 Å². The van der Waals surface area contributed by atoms with Crippen LogP contribution in [0.15, 0.2) is 29.3 Å². The largest absolute Gasteiger partial charge is 0.492 e. The van der Waals surface area contributed by atoms with Crippen molar-refractivity contribution >= 4 is 35.8 Å². The number of likely N-dealkylation sites (tertiary alicyclic amines) is 1. The summed E-state index contributed by atoms with van der Waals surface area (Å²) in [6, 6.07) is 8.11. The number of nitrogens with one attached hydrogen (secondary N) is 2. The molecule has 1 fully saturated rings. The molecule has 31 heavy (non-hydrogen) atoms. The van der Waals surface area contributed by atoms with Crippen LogP contribution in [-0.4, -0.2) is 74.1 Å². The van der Waals surface area contributed by atoms with Crippen LogP contribution < -0.4 is 15.4 Å². The number of benzene rings is 1. The number of para-hydroxylation sites is 1. The number of hydrogen-bond donors (Lipinski definition) is 2. The van der Waals surface area contributed by atoms with Gasteiger partial charge in [0.05, 0.1) is 6.54 Å². The number of rotatable bonds is 13. The summed E-state index contributed by atoms with van der Waals surface area (Å²) < 4.78 is 6.04. The second kappa shape index (κ2) is 16.1. The highest BCUT2D eigenvalue weighted by atomic mass is 127. The van der Waals surface area contributed by atoms with Crippen LogP contribution in [0.1, 0.15) is 45.6 Å². The highest BCUT2D eigenvalue weighted by Gasteiger charge is 2.18. The van der Waals surface area contributed by atoms with Gasteiger partial charge in [0.15, 0.2) is 5.96 Å². The number of amides is 1. The molecule has 2 rings (SSSR count). The van der Waals surface area contributed by atoms with Gasteiger partial charge in [-0.3, -0.25) is 4.79 Å². The van der Waals surface area contributed by atoms with Crippen LogP contribution in [-0.2, 0) is 11.3 Å². The Morgan fingerprint density at radius 3 is 2.65 bits per heavy atom. The molecule has 0 bridgehead atoms. The fourth-order valence-electron chi connectivity index (χ4n) is 3.52. The Morgan fingerprint density at radius 1 is 1.19 bits per heavy atom. The summed E-state index contributed by atoms with van der Waals surface area (Å²) in [6.45, 7) is 13.9. The van der Waals surface area contributed by atoms with Crippen LogP contribution in [0.5, 0.6) is 5.75 Å². The molecule has 1 aromatic rings. The van der Waals surface area contributed by atoms with Gasteiger partial charge in [-0.05, 0) is 38.9 Å². The molecule has 1 heterocycles. The van der Waals surface area contributed by atoms with Crippen LogP contribution in [0.2, 0.25) is 0 Å². The van der Waals surface area contributed by atoms with Gasteiger partial charge in [-0.2, -0.15) is 0 Å². The number of aliphatic imine (C=N–C) groups is 1. The minimum atomic E-state index is 0. The highest BCUT2D eigenvalue weighted by Crippen LogP contribution is 2.19. The van der Waals surface area contributed by atoms with E-state index >= 15 is 0 Å². The fourth-order valence-corrected chi connectivity index (χ4v) is 3.52. The molecule has 0 unspecified atom stereocenters. The van der Waals surface area contributed by atoms with E-state index < -0.39 is 0 Å². The average Bonchev–Trinajstić information content (AvgIpc) is 3.17. The van der Waals surface area contributed by atoms with Gasteiger partial charge in [0, 0.05) is 44.7 Å². The normalized spacial score (nSPS) is 14.0. The Labute approximate surface area is 205 Å². The number of likely N-dealkylation sites (N-methyl/N-ethyl adjacent to an activating group) is 1. The predicted molar refractivity (Wildman–Crippen MR) is 138 cm³/mol. The van der Waals surface area contributed by atoms with Gasteiger partial charge < -0.3 is 25.2 Å². The third-order valence-corrected chi connectivity index (χ3v) is 5.35. The Balaban J connectivity index is 0.00000480. The number of hydrogen-bond acceptors (Lipinski definition) is 4. The molecule has 0 saturated carbocycles. The van der Waals surface area contributed by atoms with Gasteiger partial charge in [0.2, 0.25) is 5.91 Å². The number of ether oxygens (including phenoxy) is 1. The summed E-state index contributed by atoms with van der Waals surface area (Å²) in [5.74, 6) is 1.98. The SMILES string of the molecule is CCNC(=NCc1ccccc1OCCN(CC)CC)NCCCN1CCCC1=O.I. The number of guanidine groups is 1. The lowest BCUT2D eigenvalue weighted by Gasteiger charge is -2.19. The molecule has 0 spiro atoms. The van der Waals surface area contributed by atoms with Crippen LogP contribution >= 0.6 is 24.0 Å². The lowest BCUT2D eigenvalue weighted by molar-refractivity contribution is -0.127. The lowest BCUT2D eigenvalue weighted by Crippen LogP contribution is -2.39. The van der Waals surface area contributed by atoms with Crippen molar-refractivity contribution in [1.82, 2.24) is 20.4 Å². The molecule has 1 saturated heterocycles. The van der Waals surface area contributed by atoms with Gasteiger partial charge in [-0.25, -0.2) is 4.99 Å². The Kier molecular flexibility index (Phi) is 14.3. The first-order valence-corrected chi connectivity index (χ1v) is 11.4. The third-order valence-electron chi connectivity index (χ3n) is 5.35. The van der Waals surface area contributed by atoms with Gasteiger partial charge in [0.1, 0.15) is 12.4 Å². The van der Waals surface area contributed by atoms with Crippen molar-refractivity contribution < 1.29 is 9.53 Å². The topological polar surface area (TPSA) is 69.2 Å². The van der Waals surface area contributed by atoms with E-state index in [1.165, 1.54) is 0 Å². The van der Waals surface area contributed by atoms with Crippen molar-refractivity contribution in [2.75, 3.05) is 52.4 Å². The molecule has 176 valence electrons. The molecule has 1 amide bonds. The second-order valence-electron chi connectivity index (χ2n) is 7.44. The molecule has 8 heteroatoms. The first kappa shape index (κ1) is 27.5. The molecule has 0 aliphatic carbocycles. The predicted octanol–water partition coefficient (Wildman–Crippen LogP) is 3.09. The Morgan fingerprint density at radius 2 is 1.97 bits per heavy atom. The number of nitrogens with zero attached hydrogens (tertiary/aromatic N) is 3. The van der Waals surface area contributed by atoms with Crippen LogP contribution in [0.3, 0.4) is 0 Å². The smallest absolute Gasteiger partial charge is 0.222 e. The van der Waals surface area contributed by atoms with Crippen molar-refractivity contribution in [3.63, 3.8) is 0 Å². The summed E-state index contributed by atoms with van der Waals surface area (Å²) >= 11 is 0. The maximum atomic E-state index is 11.7. The number of halogens is 1. The maximum Gasteiger partial charge on any atom is 0.222 e. The molecule has 1 aromatic carbocycles. The lowest BCUT2D eigenvalue weighted by atomic mass is 10.2. The van der Waals surface area contributed by atoms with Crippen molar-refractivity contribution in [3.8, 4) is 5.75 Å². The van der Waals surface area contributed by atoms with Gasteiger partial charge in [-0.15, -0.1) is 24.0 Å². The molecule has 0 atom stereocenters. The van der Waals surface area contributed by atoms with Crippen LogP contribution in [0.4, 0.5) is 0 Å². The zero-order valence-corrected chi connectivity index (χ0v) is 21.7. The Bertz CT molecular complexity index is 667. The minimum absolute atomic E-state index is 0. The molecule has 7 nitrogen and oxygen atoms in total. The first-order chi connectivity index (χ1) is 14.7. The zero-order valence-electron chi connectivity index (χ0n) is 19.4. The standard InChI is InChI=1S/C23H39N5O2.HI/c1-4-24-23(25-14-10-16-28-15-9-13-22(28)29)26-19-20-11-7-8-12-21(20)30-18-17-27(5-2)6-3;/h7-8,11-12H,4-6,9-10,13-19H2,1-3H3,(H2,24,25,26);1H. The number of carbonyl (C=O) groups is 1. The number of carbonyl (C=O) groups excluding carboxylic acids is 1. The van der Waals surface area contributed by atoms with Gasteiger partial charge >= 0.3 is 0 Å². The van der Waals surface area contributed by atoms with E-state index in [-0.39, 0.29) is 29.9 Å². The second-order valence-corrected chi connectivity index (χ2v) is 7.44. The monoisotopic (exact) mass is 545 g/mol. The molecule has 2 N–H and O–H groups in total. The van der Waals surface area contributed by atoms with Crippen molar-refractivity contribution in [3.05, 3.63) is 29.8 Å². The summed E-state index contributed by atoms with van der Waals surface area (Å²) in [5, 5.41) is 6.67. The fraction of sp³-hybridized carbons (Fsp3) is 0.652. The average molecular weight is 546 g/mol. The summed E-state index contributed by atoms with van der Waals surface area (Å²) in [6.07, 6.45) is 2.61. The Hall–Kier alpha value is -1.55. The van der Waals surface area contributed by atoms with Gasteiger partial charge in [0.25, 0.3) is 0 Å². The van der Waals surface area contributed by atoms with Crippen molar-refractivity contribution in [1.29, 1.82) is 0 Å².